The number of benzene rings is 2. The van der Waals surface area contributed by atoms with Crippen molar-refractivity contribution in [3.05, 3.63) is 52.1 Å². The summed E-state index contributed by atoms with van der Waals surface area (Å²) >= 11 is 7.31. The SMILES string of the molecule is COc1cc(OC)c(NC(=O)c2cc3c(F)cccc3s2)cc1Cl. The second kappa shape index (κ2) is 6.67. The van der Waals surface area contributed by atoms with Gasteiger partial charge in [0.05, 0.1) is 29.8 Å². The predicted molar refractivity (Wildman–Crippen MR) is 94.3 cm³/mol. The van der Waals surface area contributed by atoms with Crippen LogP contribution in [-0.2, 0) is 0 Å². The molecule has 1 aromatic heterocycles. The monoisotopic (exact) mass is 365 g/mol. The van der Waals surface area contributed by atoms with Gasteiger partial charge in [-0.1, -0.05) is 17.7 Å². The molecule has 3 rings (SSSR count). The number of anilines is 1. The lowest BCUT2D eigenvalue weighted by molar-refractivity contribution is 0.103. The molecule has 7 heteroatoms. The summed E-state index contributed by atoms with van der Waals surface area (Å²) in [4.78, 5) is 12.9. The average Bonchev–Trinajstić information content (AvgIpc) is 3.01. The van der Waals surface area contributed by atoms with Crippen LogP contribution in [0, 0.1) is 5.82 Å². The van der Waals surface area contributed by atoms with Crippen LogP contribution in [0.25, 0.3) is 10.1 Å². The number of halogens is 2. The van der Waals surface area contributed by atoms with Crippen molar-refractivity contribution in [2.75, 3.05) is 19.5 Å². The highest BCUT2D eigenvalue weighted by atomic mass is 35.5. The Bertz CT molecular complexity index is 926. The van der Waals surface area contributed by atoms with Crippen LogP contribution in [0.3, 0.4) is 0 Å². The van der Waals surface area contributed by atoms with Gasteiger partial charge in [0, 0.05) is 16.2 Å². The van der Waals surface area contributed by atoms with Gasteiger partial charge in [0.1, 0.15) is 17.3 Å². The summed E-state index contributed by atoms with van der Waals surface area (Å²) in [7, 11) is 2.97. The Balaban J connectivity index is 1.94. The van der Waals surface area contributed by atoms with Gasteiger partial charge in [-0.05, 0) is 24.3 Å². The first kappa shape index (κ1) is 16.5. The molecule has 0 radical (unpaired) electrons. The standard InChI is InChI=1S/C17H13ClFNO3S/c1-22-13-8-14(23-2)12(7-10(13)18)20-17(21)16-6-9-11(19)4-3-5-15(9)24-16/h3-8H,1-2H3,(H,20,21). The Labute approximate surface area is 146 Å². The lowest BCUT2D eigenvalue weighted by Gasteiger charge is -2.12. The third-order valence-corrected chi connectivity index (χ3v) is 4.85. The van der Waals surface area contributed by atoms with Gasteiger partial charge in [0.25, 0.3) is 5.91 Å². The smallest absolute Gasteiger partial charge is 0.265 e. The highest BCUT2D eigenvalue weighted by molar-refractivity contribution is 7.20. The molecular weight excluding hydrogens is 353 g/mol. The van der Waals surface area contributed by atoms with E-state index in [0.717, 1.165) is 0 Å². The highest BCUT2D eigenvalue weighted by Crippen LogP contribution is 2.36. The van der Waals surface area contributed by atoms with Crippen LogP contribution in [0.2, 0.25) is 5.02 Å². The zero-order valence-electron chi connectivity index (χ0n) is 12.9. The van der Waals surface area contributed by atoms with E-state index >= 15 is 0 Å². The van der Waals surface area contributed by atoms with Gasteiger partial charge in [0.15, 0.2) is 0 Å². The van der Waals surface area contributed by atoms with Crippen LogP contribution in [-0.4, -0.2) is 20.1 Å². The number of ether oxygens (including phenoxy) is 2. The molecule has 2 aromatic carbocycles. The molecule has 0 spiro atoms. The minimum absolute atomic E-state index is 0.344. The molecule has 0 bridgehead atoms. The second-order valence-electron chi connectivity index (χ2n) is 4.90. The molecule has 0 unspecified atom stereocenters. The van der Waals surface area contributed by atoms with E-state index in [0.29, 0.717) is 37.2 Å². The number of carbonyl (C=O) groups is 1. The fourth-order valence-electron chi connectivity index (χ4n) is 2.28. The molecule has 4 nitrogen and oxygen atoms in total. The molecule has 0 fully saturated rings. The van der Waals surface area contributed by atoms with Crippen LogP contribution < -0.4 is 14.8 Å². The maximum absolute atomic E-state index is 13.8. The highest BCUT2D eigenvalue weighted by Gasteiger charge is 2.16. The topological polar surface area (TPSA) is 47.6 Å². The third kappa shape index (κ3) is 3.02. The molecule has 0 saturated heterocycles. The fraction of sp³-hybridized carbons (Fsp3) is 0.118. The molecule has 0 aliphatic rings. The van der Waals surface area contributed by atoms with Gasteiger partial charge < -0.3 is 14.8 Å². The minimum atomic E-state index is -0.366. The van der Waals surface area contributed by atoms with Gasteiger partial charge in [-0.25, -0.2) is 4.39 Å². The summed E-state index contributed by atoms with van der Waals surface area (Å²) in [5.41, 5.74) is 0.409. The molecule has 124 valence electrons. The molecule has 0 saturated carbocycles. The van der Waals surface area contributed by atoms with E-state index in [1.807, 2.05) is 0 Å². The molecular formula is C17H13ClFNO3S. The number of hydrogen-bond acceptors (Lipinski definition) is 4. The van der Waals surface area contributed by atoms with Crippen molar-refractivity contribution in [1.82, 2.24) is 0 Å². The van der Waals surface area contributed by atoms with Crippen LogP contribution in [0.15, 0.2) is 36.4 Å². The van der Waals surface area contributed by atoms with Gasteiger partial charge in [-0.3, -0.25) is 4.79 Å². The molecule has 1 N–H and O–H groups in total. The number of nitrogens with one attached hydrogen (secondary N) is 1. The lowest BCUT2D eigenvalue weighted by Crippen LogP contribution is -2.11. The largest absolute Gasteiger partial charge is 0.495 e. The number of hydrogen-bond donors (Lipinski definition) is 1. The Morgan fingerprint density at radius 1 is 1.17 bits per heavy atom. The normalized spacial score (nSPS) is 10.7. The first-order chi connectivity index (χ1) is 11.5. The van der Waals surface area contributed by atoms with Crippen LogP contribution in [0.5, 0.6) is 11.5 Å². The Hall–Kier alpha value is -2.31. The molecule has 0 aliphatic carbocycles. The van der Waals surface area contributed by atoms with Crippen molar-refractivity contribution < 1.29 is 18.7 Å². The quantitative estimate of drug-likeness (QED) is 0.710. The maximum Gasteiger partial charge on any atom is 0.265 e. The van der Waals surface area contributed by atoms with Gasteiger partial charge in [-0.2, -0.15) is 0 Å². The van der Waals surface area contributed by atoms with E-state index in [9.17, 15) is 9.18 Å². The summed E-state index contributed by atoms with van der Waals surface area (Å²) < 4.78 is 24.8. The van der Waals surface area contributed by atoms with E-state index < -0.39 is 0 Å². The summed E-state index contributed by atoms with van der Waals surface area (Å²) in [6, 6.07) is 9.41. The van der Waals surface area contributed by atoms with Crippen LogP contribution >= 0.6 is 22.9 Å². The van der Waals surface area contributed by atoms with E-state index in [-0.39, 0.29) is 11.7 Å². The van der Waals surface area contributed by atoms with E-state index in [4.69, 9.17) is 21.1 Å². The number of fused-ring (bicyclic) bond motifs is 1. The van der Waals surface area contributed by atoms with Crippen LogP contribution in [0.4, 0.5) is 10.1 Å². The molecule has 1 amide bonds. The van der Waals surface area contributed by atoms with Crippen LogP contribution in [0.1, 0.15) is 9.67 Å². The van der Waals surface area contributed by atoms with Crippen molar-refractivity contribution in [2.45, 2.75) is 0 Å². The summed E-state index contributed by atoms with van der Waals surface area (Å²) in [6.07, 6.45) is 0. The minimum Gasteiger partial charge on any atom is -0.495 e. The molecule has 24 heavy (non-hydrogen) atoms. The molecule has 3 aromatic rings. The van der Waals surface area contributed by atoms with Gasteiger partial charge >= 0.3 is 0 Å². The Morgan fingerprint density at radius 2 is 1.92 bits per heavy atom. The van der Waals surface area contributed by atoms with Crippen molar-refractivity contribution in [3.8, 4) is 11.5 Å². The molecule has 0 aliphatic heterocycles. The lowest BCUT2D eigenvalue weighted by atomic mass is 10.2. The van der Waals surface area contributed by atoms with Crippen molar-refractivity contribution >= 4 is 44.6 Å². The van der Waals surface area contributed by atoms with E-state index in [1.54, 1.807) is 24.3 Å². The Morgan fingerprint density at radius 3 is 2.58 bits per heavy atom. The van der Waals surface area contributed by atoms with Crippen molar-refractivity contribution in [3.63, 3.8) is 0 Å². The summed E-state index contributed by atoms with van der Waals surface area (Å²) in [5, 5.41) is 3.50. The second-order valence-corrected chi connectivity index (χ2v) is 6.39. The Kier molecular flexibility index (Phi) is 4.59. The maximum atomic E-state index is 13.8. The summed E-state index contributed by atoms with van der Waals surface area (Å²) in [6.45, 7) is 0. The number of rotatable bonds is 4. The average molecular weight is 366 g/mol. The van der Waals surface area contributed by atoms with Gasteiger partial charge in [-0.15, -0.1) is 11.3 Å². The first-order valence-corrected chi connectivity index (χ1v) is 8.14. The zero-order chi connectivity index (χ0) is 17.3. The fourth-order valence-corrected chi connectivity index (χ4v) is 3.49. The number of amides is 1. The van der Waals surface area contributed by atoms with E-state index in [1.165, 1.54) is 37.7 Å². The summed E-state index contributed by atoms with van der Waals surface area (Å²) in [5.74, 6) is 0.135. The number of methoxy groups -OCH3 is 2. The zero-order valence-corrected chi connectivity index (χ0v) is 14.4. The van der Waals surface area contributed by atoms with Crippen molar-refractivity contribution in [1.29, 1.82) is 0 Å². The predicted octanol–water partition coefficient (Wildman–Crippen LogP) is 4.96. The van der Waals surface area contributed by atoms with Crippen molar-refractivity contribution in [2.24, 2.45) is 0 Å². The van der Waals surface area contributed by atoms with Gasteiger partial charge in [0.2, 0.25) is 0 Å². The first-order valence-electron chi connectivity index (χ1n) is 6.94. The molecule has 1 heterocycles. The number of thiophene rings is 1. The third-order valence-electron chi connectivity index (χ3n) is 3.45. The van der Waals surface area contributed by atoms with E-state index in [2.05, 4.69) is 5.32 Å². The number of carbonyl (C=O) groups excluding carboxylic acids is 1. The molecule has 0 atom stereocenters.